The van der Waals surface area contributed by atoms with Crippen LogP contribution in [0.25, 0.3) is 0 Å². The van der Waals surface area contributed by atoms with E-state index in [-0.39, 0.29) is 10.8 Å². The summed E-state index contributed by atoms with van der Waals surface area (Å²) in [7, 11) is -3.62. The number of hydrogen-bond donors (Lipinski definition) is 1. The van der Waals surface area contributed by atoms with Crippen molar-refractivity contribution in [2.75, 3.05) is 58.9 Å². The Morgan fingerprint density at radius 1 is 1.00 bits per heavy atom. The van der Waals surface area contributed by atoms with Crippen molar-refractivity contribution in [1.82, 2.24) is 19.4 Å². The van der Waals surface area contributed by atoms with Crippen molar-refractivity contribution < 1.29 is 17.6 Å². The Labute approximate surface area is 160 Å². The highest BCUT2D eigenvalue weighted by Gasteiger charge is 2.27. The van der Waals surface area contributed by atoms with Gasteiger partial charge in [0.05, 0.1) is 4.90 Å². The largest absolute Gasteiger partial charge is 0.340 e. The Balaban J connectivity index is 1.52. The van der Waals surface area contributed by atoms with Crippen LogP contribution >= 0.6 is 0 Å². The maximum absolute atomic E-state index is 13.1. The zero-order chi connectivity index (χ0) is 19.3. The first kappa shape index (κ1) is 20.2. The smallest absolute Gasteiger partial charge is 0.243 e. The molecular formula is C18H27FN4O3S. The number of benzene rings is 1. The second kappa shape index (κ2) is 9.09. The Hall–Kier alpha value is -1.55. The average Bonchev–Trinajstić information content (AvgIpc) is 2.93. The van der Waals surface area contributed by atoms with Crippen molar-refractivity contribution >= 4 is 15.9 Å². The van der Waals surface area contributed by atoms with Crippen molar-refractivity contribution in [1.29, 1.82) is 0 Å². The van der Waals surface area contributed by atoms with Crippen molar-refractivity contribution in [3.05, 3.63) is 30.1 Å². The summed E-state index contributed by atoms with van der Waals surface area (Å²) >= 11 is 0. The summed E-state index contributed by atoms with van der Waals surface area (Å²) in [4.78, 5) is 16.5. The van der Waals surface area contributed by atoms with Gasteiger partial charge >= 0.3 is 0 Å². The van der Waals surface area contributed by atoms with E-state index >= 15 is 0 Å². The molecule has 150 valence electrons. The van der Waals surface area contributed by atoms with Crippen molar-refractivity contribution in [3.63, 3.8) is 0 Å². The van der Waals surface area contributed by atoms with Crippen molar-refractivity contribution in [3.8, 4) is 0 Å². The average molecular weight is 399 g/mol. The molecule has 0 saturated carbocycles. The highest BCUT2D eigenvalue weighted by Crippen LogP contribution is 2.18. The fourth-order valence-corrected chi connectivity index (χ4v) is 4.96. The molecule has 2 fully saturated rings. The number of carbonyl (C=O) groups excluding carboxylic acids is 1. The van der Waals surface area contributed by atoms with Crippen molar-refractivity contribution in [2.45, 2.75) is 17.7 Å². The normalized spacial score (nSPS) is 20.4. The number of carbonyl (C=O) groups is 1. The molecule has 0 radical (unpaired) electrons. The molecule has 27 heavy (non-hydrogen) atoms. The lowest BCUT2D eigenvalue weighted by Gasteiger charge is -2.28. The summed E-state index contributed by atoms with van der Waals surface area (Å²) in [6, 6.07) is 4.94. The molecule has 2 aliphatic heterocycles. The van der Waals surface area contributed by atoms with Gasteiger partial charge in [-0.25, -0.2) is 12.8 Å². The monoisotopic (exact) mass is 398 g/mol. The highest BCUT2D eigenvalue weighted by atomic mass is 32.2. The molecule has 0 aliphatic carbocycles. The molecular weight excluding hydrogens is 371 g/mol. The SMILES string of the molecule is O=C(CCN1CCCN(S(=O)(=O)c2ccc(F)cc2)CC1)N1CCNCC1. The number of halogens is 1. The first-order valence-electron chi connectivity index (χ1n) is 9.43. The second-order valence-corrected chi connectivity index (χ2v) is 8.87. The summed E-state index contributed by atoms with van der Waals surface area (Å²) in [6.07, 6.45) is 1.17. The molecule has 0 unspecified atom stereocenters. The van der Waals surface area contributed by atoms with Gasteiger partial charge in [-0.05, 0) is 37.2 Å². The zero-order valence-electron chi connectivity index (χ0n) is 15.4. The first-order chi connectivity index (χ1) is 13.0. The third-order valence-corrected chi connectivity index (χ3v) is 7.02. The lowest BCUT2D eigenvalue weighted by atomic mass is 10.3. The van der Waals surface area contributed by atoms with Gasteiger partial charge < -0.3 is 15.1 Å². The number of rotatable bonds is 5. The van der Waals surface area contributed by atoms with Gasteiger partial charge in [0.2, 0.25) is 15.9 Å². The number of nitrogens with zero attached hydrogens (tertiary/aromatic N) is 3. The third-order valence-electron chi connectivity index (χ3n) is 5.11. The number of nitrogens with one attached hydrogen (secondary N) is 1. The summed E-state index contributed by atoms with van der Waals surface area (Å²) < 4.78 is 40.0. The van der Waals surface area contributed by atoms with Gasteiger partial charge in [-0.3, -0.25) is 4.79 Å². The Kier molecular flexibility index (Phi) is 6.80. The fourth-order valence-electron chi connectivity index (χ4n) is 3.49. The van der Waals surface area contributed by atoms with Gasteiger partial charge in [0.15, 0.2) is 0 Å². The van der Waals surface area contributed by atoms with Gasteiger partial charge in [-0.15, -0.1) is 0 Å². The molecule has 2 heterocycles. The van der Waals surface area contributed by atoms with Crippen LogP contribution in [0.15, 0.2) is 29.2 Å². The van der Waals surface area contributed by atoms with Gasteiger partial charge in [0.25, 0.3) is 0 Å². The topological polar surface area (TPSA) is 73.0 Å². The fraction of sp³-hybridized carbons (Fsp3) is 0.611. The van der Waals surface area contributed by atoms with Gasteiger partial charge in [0, 0.05) is 58.8 Å². The molecule has 0 aromatic heterocycles. The van der Waals surface area contributed by atoms with Crippen LogP contribution in [0.5, 0.6) is 0 Å². The molecule has 9 heteroatoms. The second-order valence-electron chi connectivity index (χ2n) is 6.93. The molecule has 7 nitrogen and oxygen atoms in total. The first-order valence-corrected chi connectivity index (χ1v) is 10.9. The van der Waals surface area contributed by atoms with E-state index in [9.17, 15) is 17.6 Å². The van der Waals surface area contributed by atoms with Gasteiger partial charge in [-0.2, -0.15) is 4.31 Å². The highest BCUT2D eigenvalue weighted by molar-refractivity contribution is 7.89. The minimum absolute atomic E-state index is 0.117. The Bertz CT molecular complexity index is 735. The van der Waals surface area contributed by atoms with E-state index in [1.54, 1.807) is 0 Å². The zero-order valence-corrected chi connectivity index (χ0v) is 16.3. The molecule has 1 aromatic rings. The maximum Gasteiger partial charge on any atom is 0.243 e. The van der Waals surface area contributed by atoms with Crippen LogP contribution in [0.2, 0.25) is 0 Å². The Morgan fingerprint density at radius 2 is 1.70 bits per heavy atom. The molecule has 2 saturated heterocycles. The predicted molar refractivity (Wildman–Crippen MR) is 100 cm³/mol. The lowest BCUT2D eigenvalue weighted by molar-refractivity contribution is -0.132. The van der Waals surface area contributed by atoms with E-state index in [1.807, 2.05) is 4.90 Å². The molecule has 0 atom stereocenters. The van der Waals surface area contributed by atoms with Gasteiger partial charge in [-0.1, -0.05) is 0 Å². The van der Waals surface area contributed by atoms with Crippen LogP contribution in [-0.4, -0.2) is 87.3 Å². The predicted octanol–water partition coefficient (Wildman–Crippen LogP) is 0.344. The number of piperazine rings is 1. The molecule has 1 amide bonds. The minimum Gasteiger partial charge on any atom is -0.340 e. The standard InChI is InChI=1S/C18H27FN4O3S/c19-16-2-4-17(5-3-16)27(25,26)23-10-1-9-21(14-15-23)11-6-18(24)22-12-7-20-8-13-22/h2-5,20H,1,6-15H2. The summed E-state index contributed by atoms with van der Waals surface area (Å²) in [5.41, 5.74) is 0. The number of hydrogen-bond acceptors (Lipinski definition) is 5. The van der Waals surface area contributed by atoms with Crippen LogP contribution in [0, 0.1) is 5.82 Å². The van der Waals surface area contributed by atoms with E-state index in [4.69, 9.17) is 0 Å². The van der Waals surface area contributed by atoms with Crippen LogP contribution in [-0.2, 0) is 14.8 Å². The summed E-state index contributed by atoms with van der Waals surface area (Å²) in [5, 5.41) is 3.23. The van der Waals surface area contributed by atoms with Crippen LogP contribution < -0.4 is 5.32 Å². The van der Waals surface area contributed by atoms with E-state index in [0.717, 1.165) is 32.7 Å². The molecule has 1 N–H and O–H groups in total. The van der Waals surface area contributed by atoms with E-state index < -0.39 is 15.8 Å². The number of sulfonamides is 1. The van der Waals surface area contributed by atoms with E-state index in [1.165, 1.54) is 28.6 Å². The molecule has 2 aliphatic rings. The Morgan fingerprint density at radius 3 is 2.41 bits per heavy atom. The molecule has 0 spiro atoms. The lowest BCUT2D eigenvalue weighted by Crippen LogP contribution is -2.47. The van der Waals surface area contributed by atoms with Crippen LogP contribution in [0.4, 0.5) is 4.39 Å². The van der Waals surface area contributed by atoms with E-state index in [0.29, 0.717) is 39.0 Å². The van der Waals surface area contributed by atoms with Crippen LogP contribution in [0.3, 0.4) is 0 Å². The van der Waals surface area contributed by atoms with Crippen molar-refractivity contribution in [2.24, 2.45) is 0 Å². The molecule has 0 bridgehead atoms. The molecule has 3 rings (SSSR count). The van der Waals surface area contributed by atoms with E-state index in [2.05, 4.69) is 10.2 Å². The van der Waals surface area contributed by atoms with Crippen LogP contribution in [0.1, 0.15) is 12.8 Å². The summed E-state index contributed by atoms with van der Waals surface area (Å²) in [6.45, 7) is 6.00. The quantitative estimate of drug-likeness (QED) is 0.775. The third kappa shape index (κ3) is 5.25. The van der Waals surface area contributed by atoms with Gasteiger partial charge in [0.1, 0.15) is 5.82 Å². The minimum atomic E-state index is -3.62. The maximum atomic E-state index is 13.1. The summed E-state index contributed by atoms with van der Waals surface area (Å²) in [5.74, 6) is -0.290. The number of amides is 1. The molecule has 1 aromatic carbocycles.